The van der Waals surface area contributed by atoms with E-state index in [0.29, 0.717) is 28.5 Å². The lowest BCUT2D eigenvalue weighted by Gasteiger charge is -2.08. The van der Waals surface area contributed by atoms with Gasteiger partial charge in [-0.2, -0.15) is 5.10 Å². The van der Waals surface area contributed by atoms with Crippen molar-refractivity contribution in [1.82, 2.24) is 9.78 Å². The third kappa shape index (κ3) is 3.88. The van der Waals surface area contributed by atoms with Crippen LogP contribution < -0.4 is 5.32 Å². The summed E-state index contributed by atoms with van der Waals surface area (Å²) < 4.78 is 15.1. The Bertz CT molecular complexity index is 919. The number of hydrogen-bond donors (Lipinski definition) is 1. The molecule has 128 valence electrons. The van der Waals surface area contributed by atoms with Crippen molar-refractivity contribution < 1.29 is 9.18 Å². The van der Waals surface area contributed by atoms with Gasteiger partial charge in [0.05, 0.1) is 23.6 Å². The van der Waals surface area contributed by atoms with Crippen molar-refractivity contribution in [2.75, 3.05) is 5.32 Å². The van der Waals surface area contributed by atoms with Gasteiger partial charge in [-0.15, -0.1) is 0 Å². The molecular formula is C19H17ClFN3O. The van der Waals surface area contributed by atoms with Crippen LogP contribution in [0, 0.1) is 19.7 Å². The first kappa shape index (κ1) is 17.2. The Morgan fingerprint density at radius 2 is 1.92 bits per heavy atom. The number of aryl methyl sites for hydroxylation is 1. The van der Waals surface area contributed by atoms with E-state index in [9.17, 15) is 9.18 Å². The molecule has 3 rings (SSSR count). The second kappa shape index (κ2) is 7.07. The van der Waals surface area contributed by atoms with E-state index in [1.807, 2.05) is 19.9 Å². The zero-order chi connectivity index (χ0) is 18.0. The number of anilines is 1. The molecule has 0 saturated heterocycles. The van der Waals surface area contributed by atoms with Gasteiger partial charge in [0, 0.05) is 10.6 Å². The van der Waals surface area contributed by atoms with Gasteiger partial charge in [0.1, 0.15) is 5.82 Å². The molecule has 0 saturated carbocycles. The molecule has 4 nitrogen and oxygen atoms in total. The fourth-order valence-corrected chi connectivity index (χ4v) is 2.75. The molecule has 0 bridgehead atoms. The zero-order valence-corrected chi connectivity index (χ0v) is 14.6. The molecule has 0 aliphatic carbocycles. The highest BCUT2D eigenvalue weighted by Crippen LogP contribution is 2.22. The highest BCUT2D eigenvalue weighted by molar-refractivity contribution is 6.30. The van der Waals surface area contributed by atoms with Crippen molar-refractivity contribution in [1.29, 1.82) is 0 Å². The Morgan fingerprint density at radius 1 is 1.20 bits per heavy atom. The predicted molar refractivity (Wildman–Crippen MR) is 96.6 cm³/mol. The number of nitrogens with zero attached hydrogens (tertiary/aromatic N) is 2. The molecule has 1 heterocycles. The summed E-state index contributed by atoms with van der Waals surface area (Å²) in [5.41, 5.74) is 3.50. The summed E-state index contributed by atoms with van der Waals surface area (Å²) in [7, 11) is 0. The van der Waals surface area contributed by atoms with Crippen LogP contribution in [0.1, 0.15) is 27.3 Å². The minimum atomic E-state index is -0.282. The van der Waals surface area contributed by atoms with E-state index in [-0.39, 0.29) is 11.7 Å². The van der Waals surface area contributed by atoms with E-state index in [1.54, 1.807) is 35.0 Å². The van der Waals surface area contributed by atoms with Crippen LogP contribution in [0.3, 0.4) is 0 Å². The zero-order valence-electron chi connectivity index (χ0n) is 13.9. The second-order valence-electron chi connectivity index (χ2n) is 5.79. The molecule has 3 aromatic rings. The minimum Gasteiger partial charge on any atom is -0.319 e. The van der Waals surface area contributed by atoms with Gasteiger partial charge in [0.2, 0.25) is 0 Å². The van der Waals surface area contributed by atoms with Crippen LogP contribution in [0.5, 0.6) is 0 Å². The Balaban J connectivity index is 1.82. The van der Waals surface area contributed by atoms with E-state index in [4.69, 9.17) is 11.6 Å². The number of benzene rings is 2. The summed E-state index contributed by atoms with van der Waals surface area (Å²) >= 11 is 5.85. The first-order chi connectivity index (χ1) is 11.9. The van der Waals surface area contributed by atoms with Gasteiger partial charge in [-0.3, -0.25) is 9.48 Å². The van der Waals surface area contributed by atoms with Crippen LogP contribution >= 0.6 is 11.6 Å². The van der Waals surface area contributed by atoms with Crippen LogP contribution in [0.15, 0.2) is 48.5 Å². The molecule has 0 radical (unpaired) electrons. The largest absolute Gasteiger partial charge is 0.319 e. The predicted octanol–water partition coefficient (Wildman–Crippen LogP) is 4.59. The number of amides is 1. The lowest BCUT2D eigenvalue weighted by molar-refractivity contribution is 0.102. The van der Waals surface area contributed by atoms with Crippen molar-refractivity contribution in [2.45, 2.75) is 20.4 Å². The Hall–Kier alpha value is -2.66. The van der Waals surface area contributed by atoms with Crippen molar-refractivity contribution in [3.8, 4) is 0 Å². The monoisotopic (exact) mass is 357 g/mol. The number of halogens is 2. The van der Waals surface area contributed by atoms with Crippen molar-refractivity contribution in [3.63, 3.8) is 0 Å². The average molecular weight is 358 g/mol. The van der Waals surface area contributed by atoms with E-state index in [1.165, 1.54) is 12.1 Å². The lowest BCUT2D eigenvalue weighted by atomic mass is 10.2. The fraction of sp³-hybridized carbons (Fsp3) is 0.158. The molecule has 1 aromatic heterocycles. The summed E-state index contributed by atoms with van der Waals surface area (Å²) in [5, 5.41) is 7.92. The number of rotatable bonds is 4. The smallest absolute Gasteiger partial charge is 0.255 e. The quantitative estimate of drug-likeness (QED) is 0.742. The van der Waals surface area contributed by atoms with E-state index < -0.39 is 0 Å². The summed E-state index contributed by atoms with van der Waals surface area (Å²) in [4.78, 5) is 12.4. The number of aromatic nitrogens is 2. The molecule has 0 aliphatic heterocycles. The van der Waals surface area contributed by atoms with Crippen molar-refractivity contribution >= 4 is 23.2 Å². The minimum absolute atomic E-state index is 0.229. The van der Waals surface area contributed by atoms with Crippen LogP contribution in [0.4, 0.5) is 10.1 Å². The molecule has 25 heavy (non-hydrogen) atoms. The summed E-state index contributed by atoms with van der Waals surface area (Å²) in [6, 6.07) is 13.1. The number of hydrogen-bond acceptors (Lipinski definition) is 2. The van der Waals surface area contributed by atoms with E-state index in [0.717, 1.165) is 11.3 Å². The molecule has 0 spiro atoms. The Kier molecular flexibility index (Phi) is 4.86. The van der Waals surface area contributed by atoms with Gasteiger partial charge in [-0.05, 0) is 55.8 Å². The third-order valence-corrected chi connectivity index (χ3v) is 4.20. The van der Waals surface area contributed by atoms with Gasteiger partial charge >= 0.3 is 0 Å². The molecule has 1 N–H and O–H groups in total. The molecule has 0 atom stereocenters. The lowest BCUT2D eigenvalue weighted by Crippen LogP contribution is -2.13. The van der Waals surface area contributed by atoms with E-state index >= 15 is 0 Å². The molecular weight excluding hydrogens is 341 g/mol. The van der Waals surface area contributed by atoms with Crippen LogP contribution in [-0.2, 0) is 6.54 Å². The standard InChI is InChI=1S/C19H17ClFN3O/c1-12-18(22-19(25)15-6-8-16(20)9-7-15)13(2)24(23-12)11-14-4-3-5-17(21)10-14/h3-10H,11H2,1-2H3,(H,22,25). The normalized spacial score (nSPS) is 10.7. The summed E-state index contributed by atoms with van der Waals surface area (Å²) in [6.07, 6.45) is 0. The highest BCUT2D eigenvalue weighted by Gasteiger charge is 2.15. The van der Waals surface area contributed by atoms with Gasteiger partial charge in [-0.1, -0.05) is 23.7 Å². The van der Waals surface area contributed by atoms with Gasteiger partial charge in [0.25, 0.3) is 5.91 Å². The second-order valence-corrected chi connectivity index (χ2v) is 6.23. The average Bonchev–Trinajstić information content (AvgIpc) is 2.83. The third-order valence-electron chi connectivity index (χ3n) is 3.95. The topological polar surface area (TPSA) is 46.9 Å². The molecule has 0 aliphatic rings. The summed E-state index contributed by atoms with van der Waals surface area (Å²) in [5.74, 6) is -0.511. The van der Waals surface area contributed by atoms with Crippen LogP contribution in [-0.4, -0.2) is 15.7 Å². The van der Waals surface area contributed by atoms with Gasteiger partial charge < -0.3 is 5.32 Å². The highest BCUT2D eigenvalue weighted by atomic mass is 35.5. The van der Waals surface area contributed by atoms with Gasteiger partial charge in [-0.25, -0.2) is 4.39 Å². The maximum Gasteiger partial charge on any atom is 0.255 e. The SMILES string of the molecule is Cc1nn(Cc2cccc(F)c2)c(C)c1NC(=O)c1ccc(Cl)cc1. The Morgan fingerprint density at radius 3 is 2.60 bits per heavy atom. The fourth-order valence-electron chi connectivity index (χ4n) is 2.63. The molecule has 0 fully saturated rings. The molecule has 1 amide bonds. The Labute approximate surface area is 150 Å². The number of carbonyl (C=O) groups is 1. The number of nitrogens with one attached hydrogen (secondary N) is 1. The summed E-state index contributed by atoms with van der Waals surface area (Å²) in [6.45, 7) is 4.13. The van der Waals surface area contributed by atoms with E-state index in [2.05, 4.69) is 10.4 Å². The maximum atomic E-state index is 13.3. The van der Waals surface area contributed by atoms with Crippen LogP contribution in [0.25, 0.3) is 0 Å². The first-order valence-corrected chi connectivity index (χ1v) is 8.17. The van der Waals surface area contributed by atoms with Crippen molar-refractivity contribution in [3.05, 3.63) is 81.9 Å². The molecule has 6 heteroatoms. The molecule has 0 unspecified atom stereocenters. The molecule has 2 aromatic carbocycles. The first-order valence-electron chi connectivity index (χ1n) is 7.79. The number of carbonyl (C=O) groups excluding carboxylic acids is 1. The maximum absolute atomic E-state index is 13.3. The van der Waals surface area contributed by atoms with Crippen molar-refractivity contribution in [2.24, 2.45) is 0 Å². The van der Waals surface area contributed by atoms with Gasteiger partial charge in [0.15, 0.2) is 0 Å². The van der Waals surface area contributed by atoms with Crippen LogP contribution in [0.2, 0.25) is 5.02 Å².